The zero-order valence-electron chi connectivity index (χ0n) is 20.3. The number of hydrogen-bond acceptors (Lipinski definition) is 5. The van der Waals surface area contributed by atoms with E-state index >= 15 is 0 Å². The number of aromatic amines is 1. The predicted octanol–water partition coefficient (Wildman–Crippen LogP) is 5.05. The number of nitrogens with one attached hydrogen (secondary N) is 3. The molecule has 37 heavy (non-hydrogen) atoms. The molecule has 0 bridgehead atoms. The highest BCUT2D eigenvalue weighted by atomic mass is 19.1. The van der Waals surface area contributed by atoms with E-state index in [0.29, 0.717) is 43.3 Å². The quantitative estimate of drug-likeness (QED) is 0.446. The number of hydrogen-bond donors (Lipinski definition) is 3. The average Bonchev–Trinajstić information content (AvgIpc) is 3.30. The smallest absolute Gasteiger partial charge is 0.410 e. The van der Waals surface area contributed by atoms with E-state index in [1.54, 1.807) is 23.1 Å². The fraction of sp³-hybridized carbons (Fsp3) is 0.370. The van der Waals surface area contributed by atoms with Crippen LogP contribution in [0.2, 0.25) is 0 Å². The SMILES string of the molecule is O=C(Nc1ccc2c(c1)CCN(C(=O)OC1CCC(Cc3cc(=O)[nH]o3)CC1)C2)Nc1ccccc1F. The maximum absolute atomic E-state index is 13.8. The van der Waals surface area contributed by atoms with Crippen LogP contribution in [0.3, 0.4) is 0 Å². The second-order valence-corrected chi connectivity index (χ2v) is 9.62. The van der Waals surface area contributed by atoms with Crippen molar-refractivity contribution in [1.82, 2.24) is 10.1 Å². The molecule has 194 valence electrons. The summed E-state index contributed by atoms with van der Waals surface area (Å²) < 4.78 is 24.7. The Kier molecular flexibility index (Phi) is 7.25. The van der Waals surface area contributed by atoms with Crippen molar-refractivity contribution in [3.63, 3.8) is 0 Å². The van der Waals surface area contributed by atoms with Gasteiger partial charge in [-0.15, -0.1) is 0 Å². The molecular formula is C27H29FN4O5. The number of H-pyrrole nitrogens is 1. The molecule has 2 heterocycles. The van der Waals surface area contributed by atoms with Crippen molar-refractivity contribution in [3.05, 3.63) is 81.6 Å². The number of ether oxygens (including phenoxy) is 1. The van der Waals surface area contributed by atoms with Crippen molar-refractivity contribution in [2.75, 3.05) is 17.2 Å². The summed E-state index contributed by atoms with van der Waals surface area (Å²) >= 11 is 0. The molecule has 3 amide bonds. The second-order valence-electron chi connectivity index (χ2n) is 9.62. The molecule has 0 spiro atoms. The van der Waals surface area contributed by atoms with E-state index < -0.39 is 11.8 Å². The van der Waals surface area contributed by atoms with Gasteiger partial charge in [0.1, 0.15) is 17.7 Å². The number of aromatic nitrogens is 1. The lowest BCUT2D eigenvalue weighted by Gasteiger charge is -2.32. The molecule has 1 aliphatic carbocycles. The summed E-state index contributed by atoms with van der Waals surface area (Å²) in [5.41, 5.74) is 2.52. The van der Waals surface area contributed by atoms with Gasteiger partial charge in [-0.25, -0.2) is 14.0 Å². The molecule has 3 aromatic rings. The first-order valence-electron chi connectivity index (χ1n) is 12.5. The lowest BCUT2D eigenvalue weighted by Crippen LogP contribution is -2.39. The number of halogens is 1. The molecule has 1 saturated carbocycles. The molecule has 5 rings (SSSR count). The molecule has 0 radical (unpaired) electrons. The van der Waals surface area contributed by atoms with Gasteiger partial charge in [-0.2, -0.15) is 5.16 Å². The van der Waals surface area contributed by atoms with Crippen molar-refractivity contribution in [2.24, 2.45) is 5.92 Å². The molecule has 1 aromatic heterocycles. The van der Waals surface area contributed by atoms with Crippen LogP contribution in [0, 0.1) is 11.7 Å². The van der Waals surface area contributed by atoms with Crippen molar-refractivity contribution in [2.45, 2.75) is 51.2 Å². The normalized spacial score (nSPS) is 19.1. The summed E-state index contributed by atoms with van der Waals surface area (Å²) in [4.78, 5) is 38.0. The molecule has 0 atom stereocenters. The largest absolute Gasteiger partial charge is 0.446 e. The van der Waals surface area contributed by atoms with E-state index in [9.17, 15) is 18.8 Å². The first-order chi connectivity index (χ1) is 17.9. The van der Waals surface area contributed by atoms with Gasteiger partial charge in [0.25, 0.3) is 5.56 Å². The third kappa shape index (κ3) is 6.19. The summed E-state index contributed by atoms with van der Waals surface area (Å²) in [7, 11) is 0. The Morgan fingerprint density at radius 3 is 2.62 bits per heavy atom. The molecule has 2 aliphatic rings. The predicted molar refractivity (Wildman–Crippen MR) is 135 cm³/mol. The second kappa shape index (κ2) is 10.9. The van der Waals surface area contributed by atoms with Crippen LogP contribution in [0.4, 0.5) is 25.4 Å². The van der Waals surface area contributed by atoms with E-state index in [-0.39, 0.29) is 23.4 Å². The van der Waals surface area contributed by atoms with Crippen molar-refractivity contribution < 1.29 is 23.2 Å². The number of benzene rings is 2. The van der Waals surface area contributed by atoms with Gasteiger partial charge in [-0.1, -0.05) is 18.2 Å². The van der Waals surface area contributed by atoms with E-state index in [2.05, 4.69) is 15.8 Å². The Balaban J connectivity index is 1.09. The zero-order valence-corrected chi connectivity index (χ0v) is 20.3. The molecule has 9 nitrogen and oxygen atoms in total. The van der Waals surface area contributed by atoms with E-state index in [4.69, 9.17) is 9.26 Å². The van der Waals surface area contributed by atoms with Crippen LogP contribution < -0.4 is 16.2 Å². The van der Waals surface area contributed by atoms with Crippen LogP contribution in [0.1, 0.15) is 42.6 Å². The highest BCUT2D eigenvalue weighted by Gasteiger charge is 2.28. The summed E-state index contributed by atoms with van der Waals surface area (Å²) in [5.74, 6) is 0.573. The molecular weight excluding hydrogens is 479 g/mol. The van der Waals surface area contributed by atoms with Crippen LogP contribution in [-0.4, -0.2) is 34.8 Å². The Labute approximate surface area is 213 Å². The first-order valence-corrected chi connectivity index (χ1v) is 12.5. The van der Waals surface area contributed by atoms with Crippen LogP contribution in [0.15, 0.2) is 57.8 Å². The Morgan fingerprint density at radius 2 is 1.86 bits per heavy atom. The number of para-hydroxylation sites is 1. The summed E-state index contributed by atoms with van der Waals surface area (Å²) in [5, 5.41) is 7.55. The highest BCUT2D eigenvalue weighted by molar-refractivity contribution is 5.99. The fourth-order valence-electron chi connectivity index (χ4n) is 5.01. The van der Waals surface area contributed by atoms with Crippen molar-refractivity contribution in [1.29, 1.82) is 0 Å². The topological polar surface area (TPSA) is 117 Å². The zero-order chi connectivity index (χ0) is 25.8. The number of rotatable bonds is 5. The van der Waals surface area contributed by atoms with Crippen LogP contribution >= 0.6 is 0 Å². The number of urea groups is 1. The van der Waals surface area contributed by atoms with Crippen LogP contribution in [-0.2, 0) is 24.1 Å². The Bertz CT molecular complexity index is 1330. The minimum absolute atomic E-state index is 0.106. The standard InChI is InChI=1S/C27H29FN4O5/c28-23-3-1-2-4-24(23)30-26(34)29-20-8-7-19-16-32(12-11-18(19)14-20)27(35)36-21-9-5-17(6-10-21)13-22-15-25(33)31-37-22/h1-4,7-8,14-15,17,21H,5-6,9-13,16H2,(H,31,33)(H2,29,30,34). The molecule has 0 saturated heterocycles. The lowest BCUT2D eigenvalue weighted by molar-refractivity contribution is 0.0347. The lowest BCUT2D eigenvalue weighted by atomic mass is 9.85. The molecule has 2 aromatic carbocycles. The molecule has 1 fully saturated rings. The first kappa shape index (κ1) is 24.6. The minimum Gasteiger partial charge on any atom is -0.446 e. The third-order valence-corrected chi connectivity index (χ3v) is 6.98. The van der Waals surface area contributed by atoms with Crippen LogP contribution in [0.5, 0.6) is 0 Å². The third-order valence-electron chi connectivity index (χ3n) is 6.98. The Morgan fingerprint density at radius 1 is 1.05 bits per heavy atom. The number of amides is 3. The Hall–Kier alpha value is -4.08. The van der Waals surface area contributed by atoms with Gasteiger partial charge in [0, 0.05) is 31.3 Å². The number of carbonyl (C=O) groups excluding carboxylic acids is 2. The van der Waals surface area contributed by atoms with Gasteiger partial charge in [0.15, 0.2) is 0 Å². The van der Waals surface area contributed by atoms with Crippen LogP contribution in [0.25, 0.3) is 0 Å². The van der Waals surface area contributed by atoms with Crippen molar-refractivity contribution >= 4 is 23.5 Å². The highest BCUT2D eigenvalue weighted by Crippen LogP contribution is 2.30. The maximum Gasteiger partial charge on any atom is 0.410 e. The summed E-state index contributed by atoms with van der Waals surface area (Å²) in [6.45, 7) is 0.969. The van der Waals surface area contributed by atoms with E-state index in [0.717, 1.165) is 36.8 Å². The number of carbonyl (C=O) groups is 2. The van der Waals surface area contributed by atoms with Gasteiger partial charge in [0.2, 0.25) is 0 Å². The molecule has 1 aliphatic heterocycles. The van der Waals surface area contributed by atoms with Gasteiger partial charge < -0.3 is 24.8 Å². The molecule has 0 unspecified atom stereocenters. The van der Waals surface area contributed by atoms with Crippen molar-refractivity contribution in [3.8, 4) is 0 Å². The monoisotopic (exact) mass is 508 g/mol. The van der Waals surface area contributed by atoms with Gasteiger partial charge in [0.05, 0.1) is 5.69 Å². The maximum atomic E-state index is 13.8. The molecule has 10 heteroatoms. The van der Waals surface area contributed by atoms with E-state index in [1.165, 1.54) is 18.2 Å². The summed E-state index contributed by atoms with van der Waals surface area (Å²) in [6.07, 6.45) is 4.35. The number of nitrogens with zero attached hydrogens (tertiary/aromatic N) is 1. The van der Waals surface area contributed by atoms with Gasteiger partial charge >= 0.3 is 12.1 Å². The summed E-state index contributed by atoms with van der Waals surface area (Å²) in [6, 6.07) is 12.5. The number of anilines is 2. The van der Waals surface area contributed by atoms with Gasteiger partial charge in [-0.3, -0.25) is 4.79 Å². The van der Waals surface area contributed by atoms with E-state index in [1.807, 2.05) is 12.1 Å². The van der Waals surface area contributed by atoms with Gasteiger partial charge in [-0.05, 0) is 73.4 Å². The number of fused-ring (bicyclic) bond motifs is 1. The molecule has 3 N–H and O–H groups in total. The average molecular weight is 509 g/mol. The minimum atomic E-state index is -0.529. The fourth-order valence-corrected chi connectivity index (χ4v) is 5.01.